The van der Waals surface area contributed by atoms with Crippen molar-refractivity contribution in [1.82, 2.24) is 0 Å². The zero-order valence-electron chi connectivity index (χ0n) is 13.7. The molecule has 0 atom stereocenters. The van der Waals surface area contributed by atoms with Gasteiger partial charge in [-0.25, -0.2) is 0 Å². The van der Waals surface area contributed by atoms with Crippen LogP contribution in [0, 0.1) is 23.8 Å². The van der Waals surface area contributed by atoms with Crippen molar-refractivity contribution in [2.75, 3.05) is 0 Å². The summed E-state index contributed by atoms with van der Waals surface area (Å²) in [5.74, 6) is 2.40. The van der Waals surface area contributed by atoms with Crippen LogP contribution in [0.1, 0.15) is 41.5 Å². The van der Waals surface area contributed by atoms with Gasteiger partial charge >= 0.3 is 0 Å². The Kier molecular flexibility index (Phi) is 6.32. The molecule has 0 amide bonds. The first-order chi connectivity index (χ1) is 8.85. The van der Waals surface area contributed by atoms with E-state index in [1.807, 2.05) is 0 Å². The minimum absolute atomic E-state index is 0.799. The zero-order chi connectivity index (χ0) is 14.5. The minimum atomic E-state index is -1.38. The summed E-state index contributed by atoms with van der Waals surface area (Å²) in [5, 5.41) is 1.65. The molecule has 0 unspecified atom stereocenters. The van der Waals surface area contributed by atoms with Crippen LogP contribution in [0.15, 0.2) is 24.3 Å². The Balaban J connectivity index is 3.16. The monoisotopic (exact) mass is 275 g/mol. The van der Waals surface area contributed by atoms with Crippen molar-refractivity contribution in [3.63, 3.8) is 0 Å². The Bertz CT molecular complexity index is 325. The molecule has 1 heteroatoms. The lowest BCUT2D eigenvalue weighted by Gasteiger charge is -2.37. The fourth-order valence-electron chi connectivity index (χ4n) is 3.69. The molecule has 0 aromatic heterocycles. The third-order valence-electron chi connectivity index (χ3n) is 3.73. The molecule has 0 fully saturated rings. The van der Waals surface area contributed by atoms with Crippen LogP contribution < -0.4 is 5.19 Å². The summed E-state index contributed by atoms with van der Waals surface area (Å²) in [6, 6.07) is 16.4. The zero-order valence-corrected chi connectivity index (χ0v) is 14.7. The van der Waals surface area contributed by atoms with E-state index in [1.165, 1.54) is 18.1 Å². The summed E-state index contributed by atoms with van der Waals surface area (Å²) in [5.41, 5.74) is 0. The van der Waals surface area contributed by atoms with E-state index in [4.69, 9.17) is 0 Å². The largest absolute Gasteiger partial charge is 0.0874 e. The summed E-state index contributed by atoms with van der Waals surface area (Å²) in [6.07, 6.45) is 0. The van der Waals surface area contributed by atoms with E-state index in [9.17, 15) is 0 Å². The molecule has 1 radical (unpaired) electrons. The molecular weight excluding hydrogens is 244 g/mol. The van der Waals surface area contributed by atoms with Gasteiger partial charge in [0.25, 0.3) is 0 Å². The first-order valence-electron chi connectivity index (χ1n) is 7.82. The van der Waals surface area contributed by atoms with E-state index in [1.54, 1.807) is 5.19 Å². The average molecular weight is 276 g/mol. The van der Waals surface area contributed by atoms with Crippen molar-refractivity contribution < 1.29 is 0 Å². The SMILES string of the molecule is CC(C)C[Si](CC(C)C)(CC(C)C)c1cc[c]cc1. The van der Waals surface area contributed by atoms with Gasteiger partial charge in [-0.05, 0) is 23.8 Å². The van der Waals surface area contributed by atoms with Crippen LogP contribution >= 0.6 is 0 Å². The van der Waals surface area contributed by atoms with E-state index >= 15 is 0 Å². The van der Waals surface area contributed by atoms with E-state index in [-0.39, 0.29) is 0 Å². The molecule has 19 heavy (non-hydrogen) atoms. The van der Waals surface area contributed by atoms with Crippen LogP contribution in [0.5, 0.6) is 0 Å². The Hall–Kier alpha value is -0.563. The molecule has 0 saturated carbocycles. The van der Waals surface area contributed by atoms with Gasteiger partial charge in [0.1, 0.15) is 0 Å². The number of hydrogen-bond acceptors (Lipinski definition) is 0. The Morgan fingerprint density at radius 2 is 1.16 bits per heavy atom. The van der Waals surface area contributed by atoms with Crippen LogP contribution in [0.4, 0.5) is 0 Å². The number of hydrogen-bond donors (Lipinski definition) is 0. The van der Waals surface area contributed by atoms with Crippen LogP contribution in [0.3, 0.4) is 0 Å². The highest BCUT2D eigenvalue weighted by Crippen LogP contribution is 2.31. The van der Waals surface area contributed by atoms with Gasteiger partial charge in [0.2, 0.25) is 0 Å². The van der Waals surface area contributed by atoms with Crippen molar-refractivity contribution in [2.24, 2.45) is 17.8 Å². The van der Waals surface area contributed by atoms with Gasteiger partial charge in [-0.15, -0.1) is 0 Å². The second-order valence-corrected chi connectivity index (χ2v) is 11.7. The predicted octanol–water partition coefficient (Wildman–Crippen LogP) is 5.11. The summed E-state index contributed by atoms with van der Waals surface area (Å²) < 4.78 is 0. The molecule has 1 aromatic rings. The van der Waals surface area contributed by atoms with Gasteiger partial charge < -0.3 is 0 Å². The van der Waals surface area contributed by atoms with Crippen molar-refractivity contribution in [2.45, 2.75) is 59.7 Å². The second-order valence-electron chi connectivity index (χ2n) is 7.36. The standard InChI is InChI=1S/C18H31Si/c1-15(2)12-19(13-16(3)4,14-17(5)6)18-10-8-7-9-11-18/h8-11,15-17H,12-14H2,1-6H3. The summed E-state index contributed by atoms with van der Waals surface area (Å²) in [4.78, 5) is 0. The van der Waals surface area contributed by atoms with Crippen LogP contribution in [-0.4, -0.2) is 8.07 Å². The normalized spacial score (nSPS) is 12.7. The van der Waals surface area contributed by atoms with Crippen molar-refractivity contribution in [3.8, 4) is 0 Å². The lowest BCUT2D eigenvalue weighted by atomic mass is 10.2. The fourth-order valence-corrected chi connectivity index (χ4v) is 10.5. The molecule has 1 rings (SSSR count). The molecule has 107 valence electrons. The molecule has 0 spiro atoms. The second kappa shape index (κ2) is 7.28. The third-order valence-corrected chi connectivity index (χ3v) is 10.1. The van der Waals surface area contributed by atoms with E-state index in [0.29, 0.717) is 0 Å². The molecule has 0 aliphatic heterocycles. The summed E-state index contributed by atoms with van der Waals surface area (Å²) in [6.45, 7) is 14.3. The first-order valence-corrected chi connectivity index (χ1v) is 10.4. The lowest BCUT2D eigenvalue weighted by molar-refractivity contribution is 0.649. The van der Waals surface area contributed by atoms with Crippen molar-refractivity contribution >= 4 is 13.3 Å². The average Bonchev–Trinajstić information content (AvgIpc) is 2.27. The highest BCUT2D eigenvalue weighted by Gasteiger charge is 2.36. The predicted molar refractivity (Wildman–Crippen MR) is 89.6 cm³/mol. The van der Waals surface area contributed by atoms with E-state index < -0.39 is 8.07 Å². The number of rotatable bonds is 7. The Morgan fingerprint density at radius 3 is 1.47 bits per heavy atom. The van der Waals surface area contributed by atoms with Crippen molar-refractivity contribution in [3.05, 3.63) is 30.3 Å². The molecule has 0 heterocycles. The minimum Gasteiger partial charge on any atom is -0.0630 e. The molecule has 0 N–H and O–H groups in total. The molecule has 1 aromatic carbocycles. The van der Waals surface area contributed by atoms with Gasteiger partial charge in [-0.3, -0.25) is 0 Å². The molecule has 0 bridgehead atoms. The van der Waals surface area contributed by atoms with Crippen LogP contribution in [0.25, 0.3) is 0 Å². The smallest absolute Gasteiger partial charge is 0.0630 e. The van der Waals surface area contributed by atoms with Gasteiger partial charge in [0, 0.05) is 0 Å². The maximum absolute atomic E-state index is 3.19. The highest BCUT2D eigenvalue weighted by molar-refractivity contribution is 6.92. The van der Waals surface area contributed by atoms with Gasteiger partial charge in [0.05, 0.1) is 8.07 Å². The number of benzene rings is 1. The summed E-state index contributed by atoms with van der Waals surface area (Å²) >= 11 is 0. The molecular formula is C18H31Si. The van der Waals surface area contributed by atoms with Crippen LogP contribution in [-0.2, 0) is 0 Å². The topological polar surface area (TPSA) is 0 Å². The third kappa shape index (κ3) is 5.14. The molecule has 0 saturated heterocycles. The van der Waals surface area contributed by atoms with Gasteiger partial charge in [-0.2, -0.15) is 0 Å². The molecule has 0 aliphatic rings. The maximum atomic E-state index is 3.19. The van der Waals surface area contributed by atoms with Gasteiger partial charge in [0.15, 0.2) is 0 Å². The first kappa shape index (κ1) is 16.5. The molecule has 0 aliphatic carbocycles. The van der Waals surface area contributed by atoms with E-state index in [0.717, 1.165) is 17.8 Å². The van der Waals surface area contributed by atoms with E-state index in [2.05, 4.69) is 71.9 Å². The highest BCUT2D eigenvalue weighted by atomic mass is 28.3. The van der Waals surface area contributed by atoms with Crippen LogP contribution in [0.2, 0.25) is 18.1 Å². The fraction of sp³-hybridized carbons (Fsp3) is 0.667. The summed E-state index contributed by atoms with van der Waals surface area (Å²) in [7, 11) is -1.38. The van der Waals surface area contributed by atoms with Gasteiger partial charge in [-0.1, -0.05) is 89.1 Å². The quantitative estimate of drug-likeness (QED) is 0.607. The Morgan fingerprint density at radius 1 is 0.789 bits per heavy atom. The Labute approximate surface area is 121 Å². The maximum Gasteiger partial charge on any atom is 0.0874 e. The lowest BCUT2D eigenvalue weighted by Crippen LogP contribution is -2.50. The molecule has 0 nitrogen and oxygen atoms in total. The van der Waals surface area contributed by atoms with Crippen molar-refractivity contribution in [1.29, 1.82) is 0 Å².